The summed E-state index contributed by atoms with van der Waals surface area (Å²) >= 11 is 3.70. The molecule has 0 unspecified atom stereocenters. The van der Waals surface area contributed by atoms with Gasteiger partial charge in [-0.2, -0.15) is 9.97 Å². The van der Waals surface area contributed by atoms with Crippen LogP contribution in [-0.2, 0) is 5.41 Å². The Morgan fingerprint density at radius 1 is 0.561 bits per heavy atom. The van der Waals surface area contributed by atoms with E-state index in [9.17, 15) is 0 Å². The summed E-state index contributed by atoms with van der Waals surface area (Å²) in [5.41, 5.74) is 9.17. The van der Waals surface area contributed by atoms with Gasteiger partial charge in [0.05, 0.1) is 11.0 Å². The molecule has 0 amide bonds. The monoisotopic (exact) mass is 592 g/mol. The number of aromatic nitrogens is 4. The highest BCUT2D eigenvalue weighted by Gasteiger charge is 2.36. The Balaban J connectivity index is 1.46. The summed E-state index contributed by atoms with van der Waals surface area (Å²) in [5, 5.41) is 2.38. The highest BCUT2D eigenvalue weighted by atomic mass is 79.9. The van der Waals surface area contributed by atoms with E-state index in [1.807, 2.05) is 60.7 Å². The quantitative estimate of drug-likeness (QED) is 0.205. The normalized spacial score (nSPS) is 13.4. The Labute approximate surface area is 246 Å². The number of fused-ring (bicyclic) bond motifs is 6. The van der Waals surface area contributed by atoms with E-state index in [4.69, 9.17) is 15.0 Å². The van der Waals surface area contributed by atoms with Crippen LogP contribution >= 0.6 is 15.9 Å². The van der Waals surface area contributed by atoms with Crippen LogP contribution in [0.2, 0.25) is 0 Å². The van der Waals surface area contributed by atoms with Crippen molar-refractivity contribution in [3.05, 3.63) is 131 Å². The van der Waals surface area contributed by atoms with E-state index >= 15 is 0 Å². The SMILES string of the molecule is CC1(C)c2cc(Br)ccc2-c2cc3c(cc21)c1ccccc1n3-c1nc(-c2ccccc2)nc(-c2ccccc2)n1. The molecule has 0 spiro atoms. The smallest absolute Gasteiger partial charge is 0.238 e. The zero-order valence-corrected chi connectivity index (χ0v) is 24.2. The lowest BCUT2D eigenvalue weighted by molar-refractivity contribution is 0.661. The minimum absolute atomic E-state index is 0.111. The van der Waals surface area contributed by atoms with E-state index in [1.165, 1.54) is 33.0 Å². The molecular weight excluding hydrogens is 568 g/mol. The second-order valence-corrected chi connectivity index (χ2v) is 12.0. The van der Waals surface area contributed by atoms with Gasteiger partial charge < -0.3 is 0 Å². The summed E-state index contributed by atoms with van der Waals surface area (Å²) in [6.45, 7) is 4.64. The number of nitrogens with zero attached hydrogens (tertiary/aromatic N) is 4. The molecule has 7 aromatic rings. The molecule has 1 aliphatic rings. The van der Waals surface area contributed by atoms with E-state index in [2.05, 4.69) is 88.9 Å². The fourth-order valence-electron chi connectivity index (χ4n) is 6.28. The van der Waals surface area contributed by atoms with Crippen molar-refractivity contribution in [2.75, 3.05) is 0 Å². The van der Waals surface area contributed by atoms with Crippen LogP contribution in [0.4, 0.5) is 0 Å². The van der Waals surface area contributed by atoms with Crippen molar-refractivity contribution in [2.24, 2.45) is 0 Å². The molecule has 5 aromatic carbocycles. The molecule has 1 aliphatic carbocycles. The van der Waals surface area contributed by atoms with Crippen molar-refractivity contribution < 1.29 is 0 Å². The van der Waals surface area contributed by atoms with Crippen molar-refractivity contribution in [2.45, 2.75) is 19.3 Å². The summed E-state index contributed by atoms with van der Waals surface area (Å²) in [6.07, 6.45) is 0. The van der Waals surface area contributed by atoms with Crippen molar-refractivity contribution in [1.82, 2.24) is 19.5 Å². The number of benzene rings is 5. The maximum Gasteiger partial charge on any atom is 0.238 e. The van der Waals surface area contributed by atoms with Crippen LogP contribution in [0.5, 0.6) is 0 Å². The van der Waals surface area contributed by atoms with Gasteiger partial charge in [0.25, 0.3) is 0 Å². The first kappa shape index (κ1) is 24.2. The van der Waals surface area contributed by atoms with Gasteiger partial charge in [-0.25, -0.2) is 4.98 Å². The lowest BCUT2D eigenvalue weighted by atomic mass is 9.82. The Hall–Kier alpha value is -4.61. The average molecular weight is 594 g/mol. The zero-order chi connectivity index (χ0) is 27.7. The molecule has 2 heterocycles. The van der Waals surface area contributed by atoms with E-state index < -0.39 is 0 Å². The Bertz CT molecular complexity index is 2070. The highest BCUT2D eigenvalue weighted by molar-refractivity contribution is 9.10. The molecule has 5 heteroatoms. The minimum atomic E-state index is -0.111. The molecule has 8 rings (SSSR count). The summed E-state index contributed by atoms with van der Waals surface area (Å²) < 4.78 is 3.30. The third-order valence-electron chi connectivity index (χ3n) is 8.32. The molecule has 0 N–H and O–H groups in total. The van der Waals surface area contributed by atoms with Crippen molar-refractivity contribution in [3.63, 3.8) is 0 Å². The summed E-state index contributed by atoms with van der Waals surface area (Å²) in [7, 11) is 0. The third kappa shape index (κ3) is 3.69. The Morgan fingerprint density at radius 3 is 1.85 bits per heavy atom. The first-order chi connectivity index (χ1) is 20.0. The van der Waals surface area contributed by atoms with E-state index in [1.54, 1.807) is 0 Å². The van der Waals surface area contributed by atoms with Gasteiger partial charge in [-0.1, -0.05) is 115 Å². The van der Waals surface area contributed by atoms with Gasteiger partial charge in [0.2, 0.25) is 5.95 Å². The molecule has 0 bridgehead atoms. The summed E-state index contributed by atoms with van der Waals surface area (Å²) in [4.78, 5) is 15.1. The van der Waals surface area contributed by atoms with E-state index in [0.717, 1.165) is 26.6 Å². The molecule has 0 fully saturated rings. The van der Waals surface area contributed by atoms with Crippen LogP contribution in [0.1, 0.15) is 25.0 Å². The molecule has 0 saturated heterocycles. The predicted octanol–water partition coefficient (Wildman–Crippen LogP) is 9.37. The lowest BCUT2D eigenvalue weighted by Crippen LogP contribution is -2.15. The first-order valence-corrected chi connectivity index (χ1v) is 14.5. The van der Waals surface area contributed by atoms with E-state index in [0.29, 0.717) is 17.6 Å². The minimum Gasteiger partial charge on any atom is -0.278 e. The fourth-order valence-corrected chi connectivity index (χ4v) is 6.64. The third-order valence-corrected chi connectivity index (χ3v) is 8.81. The second-order valence-electron chi connectivity index (χ2n) is 11.1. The standard InChI is InChI=1S/C36H25BrN4/c1-36(2)29-19-24(37)17-18-25(29)27-21-32-28(20-30(27)36)26-15-9-10-16-31(26)41(32)35-39-33(22-11-5-3-6-12-22)38-34(40-35)23-13-7-4-8-14-23/h3-21H,1-2H3. The number of hydrogen-bond donors (Lipinski definition) is 0. The maximum atomic E-state index is 5.08. The molecule has 41 heavy (non-hydrogen) atoms. The van der Waals surface area contributed by atoms with Gasteiger partial charge >= 0.3 is 0 Å². The van der Waals surface area contributed by atoms with Gasteiger partial charge in [0.15, 0.2) is 11.6 Å². The highest BCUT2D eigenvalue weighted by Crippen LogP contribution is 2.51. The van der Waals surface area contributed by atoms with Gasteiger partial charge in [0.1, 0.15) is 0 Å². The fraction of sp³-hybridized carbons (Fsp3) is 0.0833. The van der Waals surface area contributed by atoms with Gasteiger partial charge in [-0.05, 0) is 52.6 Å². The van der Waals surface area contributed by atoms with Gasteiger partial charge in [-0.15, -0.1) is 0 Å². The predicted molar refractivity (Wildman–Crippen MR) is 170 cm³/mol. The Morgan fingerprint density at radius 2 is 1.17 bits per heavy atom. The lowest BCUT2D eigenvalue weighted by Gasteiger charge is -2.21. The van der Waals surface area contributed by atoms with Gasteiger partial charge in [-0.3, -0.25) is 4.57 Å². The number of rotatable bonds is 3. The largest absolute Gasteiger partial charge is 0.278 e. The van der Waals surface area contributed by atoms with Crippen LogP contribution in [0, 0.1) is 0 Å². The van der Waals surface area contributed by atoms with Crippen LogP contribution < -0.4 is 0 Å². The molecular formula is C36H25BrN4. The van der Waals surface area contributed by atoms with Crippen molar-refractivity contribution in [3.8, 4) is 39.9 Å². The van der Waals surface area contributed by atoms with Crippen LogP contribution in [-0.4, -0.2) is 19.5 Å². The van der Waals surface area contributed by atoms with Crippen LogP contribution in [0.3, 0.4) is 0 Å². The first-order valence-electron chi connectivity index (χ1n) is 13.7. The molecule has 0 radical (unpaired) electrons. The molecule has 0 saturated carbocycles. The molecule has 4 nitrogen and oxygen atoms in total. The topological polar surface area (TPSA) is 43.6 Å². The number of halogens is 1. The van der Waals surface area contributed by atoms with E-state index in [-0.39, 0.29) is 5.41 Å². The molecule has 196 valence electrons. The van der Waals surface area contributed by atoms with Crippen LogP contribution in [0.15, 0.2) is 120 Å². The molecule has 2 aromatic heterocycles. The van der Waals surface area contributed by atoms with Crippen LogP contribution in [0.25, 0.3) is 61.7 Å². The Kier molecular flexibility index (Phi) is 5.28. The average Bonchev–Trinajstić information content (AvgIpc) is 3.45. The number of hydrogen-bond acceptors (Lipinski definition) is 3. The second kappa shape index (κ2) is 8.95. The molecule has 0 aliphatic heterocycles. The molecule has 0 atom stereocenters. The van der Waals surface area contributed by atoms with Crippen molar-refractivity contribution in [1.29, 1.82) is 0 Å². The summed E-state index contributed by atoms with van der Waals surface area (Å²) in [5.74, 6) is 1.91. The maximum absolute atomic E-state index is 5.08. The number of para-hydroxylation sites is 1. The van der Waals surface area contributed by atoms with Gasteiger partial charge in [0, 0.05) is 31.8 Å². The summed E-state index contributed by atoms with van der Waals surface area (Å²) in [6, 6.07) is 40.2. The van der Waals surface area contributed by atoms with Crippen molar-refractivity contribution >= 4 is 37.7 Å². The zero-order valence-electron chi connectivity index (χ0n) is 22.6.